The molecule has 0 aromatic carbocycles. The Bertz CT molecular complexity index is 1350. The second-order valence-electron chi connectivity index (χ2n) is 12.1. The standard InChI is InChI=1S/C32H37N3O4S/c1-21-5-10-24(11-6-21)30(36)35(27-17-26(15-16-32(2,3)4)40-29(27)31(37)38)20-22-7-12-25(13-8-22)39-28-14-9-23(18-33)19-34-28/h9,14,17,19-22,24-25H,5-8,10-13H2,1-4H3/p+1. The van der Waals surface area contributed by atoms with E-state index in [0.717, 1.165) is 62.7 Å². The molecule has 40 heavy (non-hydrogen) atoms. The Morgan fingerprint density at radius 3 is 2.40 bits per heavy atom. The summed E-state index contributed by atoms with van der Waals surface area (Å²) >= 11 is 1.13. The van der Waals surface area contributed by atoms with Gasteiger partial charge in [-0.15, -0.1) is 15.9 Å². The fourth-order valence-corrected chi connectivity index (χ4v) is 6.10. The largest absolute Gasteiger partial charge is 0.477 e. The molecule has 2 aliphatic carbocycles. The molecule has 4 rings (SSSR count). The summed E-state index contributed by atoms with van der Waals surface area (Å²) in [7, 11) is 0. The summed E-state index contributed by atoms with van der Waals surface area (Å²) in [5, 5.41) is 19.0. The van der Waals surface area contributed by atoms with Crippen molar-refractivity contribution in [2.75, 3.05) is 0 Å². The van der Waals surface area contributed by atoms with Crippen LogP contribution >= 0.6 is 11.3 Å². The third-order valence-corrected chi connectivity index (χ3v) is 8.59. The fraction of sp³-hybridized carbons (Fsp3) is 0.531. The fourth-order valence-electron chi connectivity index (χ4n) is 5.25. The second kappa shape index (κ2) is 12.8. The van der Waals surface area contributed by atoms with Gasteiger partial charge in [0.1, 0.15) is 12.2 Å². The highest BCUT2D eigenvalue weighted by Gasteiger charge is 2.38. The molecule has 2 aliphatic rings. The van der Waals surface area contributed by atoms with Crippen molar-refractivity contribution in [2.45, 2.75) is 85.2 Å². The molecule has 2 aromatic heterocycles. The molecule has 0 aliphatic heterocycles. The van der Waals surface area contributed by atoms with Crippen molar-refractivity contribution in [3.8, 4) is 23.8 Å². The Balaban J connectivity index is 1.59. The van der Waals surface area contributed by atoms with E-state index >= 15 is 0 Å². The molecule has 2 saturated carbocycles. The number of nitrogens with zero attached hydrogens (tertiary/aromatic N) is 3. The molecule has 8 heteroatoms. The highest BCUT2D eigenvalue weighted by Crippen LogP contribution is 2.35. The summed E-state index contributed by atoms with van der Waals surface area (Å²) < 4.78 is 7.70. The Morgan fingerprint density at radius 2 is 1.82 bits per heavy atom. The molecule has 0 radical (unpaired) electrons. The van der Waals surface area contributed by atoms with Gasteiger partial charge in [-0.3, -0.25) is 0 Å². The van der Waals surface area contributed by atoms with Gasteiger partial charge in [-0.2, -0.15) is 5.26 Å². The molecule has 1 amide bonds. The first kappa shape index (κ1) is 29.5. The highest BCUT2D eigenvalue weighted by atomic mass is 32.1. The van der Waals surface area contributed by atoms with Crippen molar-refractivity contribution in [3.05, 3.63) is 39.7 Å². The van der Waals surface area contributed by atoms with Crippen LogP contribution in [0.25, 0.3) is 0 Å². The average molecular weight is 561 g/mol. The minimum Gasteiger partial charge on any atom is -0.477 e. The van der Waals surface area contributed by atoms with Gasteiger partial charge in [0.05, 0.1) is 16.4 Å². The zero-order valence-electron chi connectivity index (χ0n) is 23.8. The lowest BCUT2D eigenvalue weighted by atomic mass is 9.82. The molecule has 210 valence electrons. The van der Waals surface area contributed by atoms with Gasteiger partial charge in [-0.25, -0.2) is 14.6 Å². The minimum absolute atomic E-state index is 0.00377. The molecular weight excluding hydrogens is 522 g/mol. The predicted molar refractivity (Wildman–Crippen MR) is 155 cm³/mol. The molecule has 2 fully saturated rings. The van der Waals surface area contributed by atoms with Gasteiger partial charge in [0, 0.05) is 29.7 Å². The number of aromatic nitrogens is 1. The minimum atomic E-state index is -1.04. The van der Waals surface area contributed by atoms with Crippen LogP contribution in [0.2, 0.25) is 0 Å². The molecule has 2 aromatic rings. The number of carbonyl (C=O) groups excluding carboxylic acids is 1. The number of nitriles is 1. The van der Waals surface area contributed by atoms with Crippen LogP contribution in [0.15, 0.2) is 24.4 Å². The summed E-state index contributed by atoms with van der Waals surface area (Å²) in [6.45, 7) is 8.26. The van der Waals surface area contributed by atoms with Gasteiger partial charge < -0.3 is 9.84 Å². The van der Waals surface area contributed by atoms with Crippen LogP contribution in [0.3, 0.4) is 0 Å². The number of thiophene rings is 1. The van der Waals surface area contributed by atoms with Gasteiger partial charge in [0.15, 0.2) is 11.1 Å². The molecule has 0 atom stereocenters. The topological polar surface area (TPSA) is 103 Å². The van der Waals surface area contributed by atoms with Crippen LogP contribution in [0.5, 0.6) is 5.88 Å². The molecule has 0 bridgehead atoms. The van der Waals surface area contributed by atoms with E-state index < -0.39 is 5.97 Å². The van der Waals surface area contributed by atoms with Crippen LogP contribution in [0, 0.1) is 46.3 Å². The number of rotatable bonds is 6. The van der Waals surface area contributed by atoms with Gasteiger partial charge in [0.2, 0.25) is 11.6 Å². The van der Waals surface area contributed by atoms with Crippen LogP contribution in [-0.4, -0.2) is 38.9 Å². The molecule has 1 N–H and O–H groups in total. The van der Waals surface area contributed by atoms with Crippen molar-refractivity contribution in [1.82, 2.24) is 4.98 Å². The normalized spacial score (nSPS) is 23.4. The van der Waals surface area contributed by atoms with Crippen molar-refractivity contribution in [3.63, 3.8) is 0 Å². The number of ether oxygens (including phenoxy) is 1. The first-order chi connectivity index (χ1) is 19.0. The summed E-state index contributed by atoms with van der Waals surface area (Å²) in [5.41, 5.74) is 0.700. The first-order valence-electron chi connectivity index (χ1n) is 14.1. The van der Waals surface area contributed by atoms with Crippen molar-refractivity contribution in [2.24, 2.45) is 23.2 Å². The molecular formula is C32H38N3O4S+. The second-order valence-corrected chi connectivity index (χ2v) is 13.1. The zero-order chi connectivity index (χ0) is 28.9. The maximum absolute atomic E-state index is 14.0. The Hall–Kier alpha value is -3.49. The van der Waals surface area contributed by atoms with Crippen molar-refractivity contribution < 1.29 is 24.0 Å². The number of hydrogen-bond donors (Lipinski definition) is 1. The zero-order valence-corrected chi connectivity index (χ0v) is 24.6. The van der Waals surface area contributed by atoms with Gasteiger partial charge >= 0.3 is 11.9 Å². The Kier molecular flexibility index (Phi) is 9.43. The summed E-state index contributed by atoms with van der Waals surface area (Å²) in [4.78, 5) is 31.3. The van der Waals surface area contributed by atoms with Crippen molar-refractivity contribution >= 4 is 35.1 Å². The summed E-state index contributed by atoms with van der Waals surface area (Å²) in [6, 6.07) is 7.24. The van der Waals surface area contributed by atoms with Crippen LogP contribution in [0.1, 0.15) is 99.2 Å². The van der Waals surface area contributed by atoms with Gasteiger partial charge in [-0.1, -0.05) is 18.8 Å². The Morgan fingerprint density at radius 1 is 1.12 bits per heavy atom. The van der Waals surface area contributed by atoms with E-state index in [4.69, 9.17) is 10.00 Å². The average Bonchev–Trinajstić information content (AvgIpc) is 3.36. The quantitative estimate of drug-likeness (QED) is 0.236. The predicted octanol–water partition coefficient (Wildman–Crippen LogP) is 6.82. The van der Waals surface area contributed by atoms with E-state index in [1.165, 1.54) is 6.20 Å². The third-order valence-electron chi connectivity index (χ3n) is 7.56. The lowest BCUT2D eigenvalue weighted by Gasteiger charge is -2.26. The number of carbonyl (C=O) groups is 2. The molecule has 0 saturated heterocycles. The van der Waals surface area contributed by atoms with Crippen LogP contribution in [-0.2, 0) is 4.79 Å². The summed E-state index contributed by atoms with van der Waals surface area (Å²) in [5.74, 6) is 6.38. The number of carboxylic acids is 1. The van der Waals surface area contributed by atoms with Crippen molar-refractivity contribution in [1.29, 1.82) is 5.26 Å². The smallest absolute Gasteiger partial charge is 0.395 e. The summed E-state index contributed by atoms with van der Waals surface area (Å²) in [6.07, 6.45) is 10.4. The molecule has 0 unspecified atom stereocenters. The van der Waals surface area contributed by atoms with E-state index in [1.54, 1.807) is 22.8 Å². The van der Waals surface area contributed by atoms with Crippen LogP contribution < -0.4 is 4.74 Å². The Labute approximate surface area is 240 Å². The number of pyridine rings is 1. The van der Waals surface area contributed by atoms with E-state index in [-0.39, 0.29) is 34.1 Å². The van der Waals surface area contributed by atoms with Crippen LogP contribution in [0.4, 0.5) is 5.69 Å². The van der Waals surface area contributed by atoms with E-state index in [0.29, 0.717) is 27.9 Å². The number of hydrogen-bond acceptors (Lipinski definition) is 6. The highest BCUT2D eigenvalue weighted by molar-refractivity contribution is 7.15. The van der Waals surface area contributed by atoms with E-state index in [1.807, 2.05) is 27.0 Å². The lowest BCUT2D eigenvalue weighted by molar-refractivity contribution is -0.371. The van der Waals surface area contributed by atoms with E-state index in [9.17, 15) is 14.7 Å². The molecule has 7 nitrogen and oxygen atoms in total. The SMILES string of the molecule is CC1CCC(C(=O)[N+](=CC2CCC(Oc3ccc(C#N)cn3)CC2)c2cc(C#CC(C)(C)C)sc2C(=O)O)CC1. The number of aromatic carboxylic acids is 1. The first-order valence-corrected chi connectivity index (χ1v) is 14.9. The maximum Gasteiger partial charge on any atom is 0.395 e. The van der Waals surface area contributed by atoms with Gasteiger partial charge in [0.25, 0.3) is 0 Å². The third kappa shape index (κ3) is 7.79. The molecule has 0 spiro atoms. The molecule has 2 heterocycles. The van der Waals surface area contributed by atoms with Gasteiger partial charge in [-0.05, 0) is 84.1 Å². The lowest BCUT2D eigenvalue weighted by Crippen LogP contribution is -2.32. The number of amides is 1. The number of carboxylic acid groups (broad SMARTS) is 1. The monoisotopic (exact) mass is 560 g/mol. The van der Waals surface area contributed by atoms with E-state index in [2.05, 4.69) is 29.8 Å². The maximum atomic E-state index is 14.0.